The number of anilines is 1. The van der Waals surface area contributed by atoms with Gasteiger partial charge in [0.2, 0.25) is 0 Å². The van der Waals surface area contributed by atoms with Gasteiger partial charge in [-0.2, -0.15) is 5.10 Å². The Labute approximate surface area is 190 Å². The van der Waals surface area contributed by atoms with Gasteiger partial charge in [-0.25, -0.2) is 19.3 Å². The molecule has 0 unspecified atom stereocenters. The molecule has 0 saturated carbocycles. The van der Waals surface area contributed by atoms with Gasteiger partial charge in [0, 0.05) is 48.7 Å². The molecule has 4 aromatic rings. The lowest BCUT2D eigenvalue weighted by Gasteiger charge is -2.28. The molecule has 5 rings (SSSR count). The fourth-order valence-corrected chi connectivity index (χ4v) is 3.56. The normalized spacial score (nSPS) is 13.7. The molecular formula is C23H24ClFN6O. The molecule has 0 N–H and O–H groups in total. The number of hydrogen-bond acceptors (Lipinski definition) is 6. The molecule has 4 heterocycles. The fourth-order valence-electron chi connectivity index (χ4n) is 3.40. The van der Waals surface area contributed by atoms with Gasteiger partial charge in [0.1, 0.15) is 17.2 Å². The second kappa shape index (κ2) is 9.58. The van der Waals surface area contributed by atoms with Gasteiger partial charge in [0.25, 0.3) is 0 Å². The van der Waals surface area contributed by atoms with Crippen LogP contribution in [0.2, 0.25) is 5.02 Å². The molecule has 0 atom stereocenters. The van der Waals surface area contributed by atoms with Crippen molar-refractivity contribution in [2.45, 2.75) is 13.8 Å². The first-order valence-electron chi connectivity index (χ1n) is 10.3. The van der Waals surface area contributed by atoms with Crippen LogP contribution in [-0.4, -0.2) is 51.0 Å². The molecule has 1 fully saturated rings. The van der Waals surface area contributed by atoms with Crippen LogP contribution in [-0.2, 0) is 11.8 Å². The van der Waals surface area contributed by atoms with Crippen LogP contribution in [0, 0.1) is 19.7 Å². The molecule has 1 saturated heterocycles. The lowest BCUT2D eigenvalue weighted by molar-refractivity contribution is 0.122. The highest BCUT2D eigenvalue weighted by molar-refractivity contribution is 6.30. The lowest BCUT2D eigenvalue weighted by Crippen LogP contribution is -2.36. The number of fused-ring (bicyclic) bond motifs is 1. The Hall–Kier alpha value is -3.10. The van der Waals surface area contributed by atoms with E-state index in [0.717, 1.165) is 30.3 Å². The number of benzene rings is 1. The summed E-state index contributed by atoms with van der Waals surface area (Å²) >= 11 is 5.92. The molecule has 0 radical (unpaired) electrons. The van der Waals surface area contributed by atoms with E-state index in [-0.39, 0.29) is 0 Å². The quantitative estimate of drug-likeness (QED) is 0.448. The van der Waals surface area contributed by atoms with Crippen LogP contribution in [0.3, 0.4) is 0 Å². The molecule has 1 aliphatic rings. The zero-order valence-electron chi connectivity index (χ0n) is 18.2. The minimum absolute atomic E-state index is 0.358. The van der Waals surface area contributed by atoms with Crippen LogP contribution in [0.5, 0.6) is 0 Å². The Kier molecular flexibility index (Phi) is 6.62. The molecule has 0 spiro atoms. The van der Waals surface area contributed by atoms with Gasteiger partial charge in [0.15, 0.2) is 5.65 Å². The number of aromatic nitrogens is 5. The minimum atomic E-state index is -0.391. The van der Waals surface area contributed by atoms with Crippen molar-refractivity contribution < 1.29 is 9.13 Å². The highest BCUT2D eigenvalue weighted by Crippen LogP contribution is 2.33. The van der Waals surface area contributed by atoms with Crippen LogP contribution in [0.25, 0.3) is 22.3 Å². The van der Waals surface area contributed by atoms with Gasteiger partial charge in [-0.15, -0.1) is 0 Å². The van der Waals surface area contributed by atoms with Gasteiger partial charge in [0.05, 0.1) is 24.6 Å². The van der Waals surface area contributed by atoms with E-state index in [9.17, 15) is 4.39 Å². The van der Waals surface area contributed by atoms with Crippen molar-refractivity contribution in [1.82, 2.24) is 24.7 Å². The van der Waals surface area contributed by atoms with Gasteiger partial charge in [-0.3, -0.25) is 4.68 Å². The summed E-state index contributed by atoms with van der Waals surface area (Å²) in [6, 6.07) is 8.43. The predicted octanol–water partition coefficient (Wildman–Crippen LogP) is 4.36. The van der Waals surface area contributed by atoms with Gasteiger partial charge in [-0.1, -0.05) is 11.6 Å². The molecule has 1 aromatic carbocycles. The molecule has 7 nitrogen and oxygen atoms in total. The monoisotopic (exact) mass is 454 g/mol. The third kappa shape index (κ3) is 4.87. The smallest absolute Gasteiger partial charge is 0.181 e. The number of nitrogens with zero attached hydrogens (tertiary/aromatic N) is 6. The van der Waals surface area contributed by atoms with Crippen molar-refractivity contribution in [3.8, 4) is 11.1 Å². The zero-order valence-corrected chi connectivity index (χ0v) is 19.0. The van der Waals surface area contributed by atoms with Crippen molar-refractivity contribution >= 4 is 28.6 Å². The molecule has 0 bridgehead atoms. The van der Waals surface area contributed by atoms with E-state index in [1.165, 1.54) is 6.07 Å². The Morgan fingerprint density at radius 2 is 1.75 bits per heavy atom. The van der Waals surface area contributed by atoms with Crippen molar-refractivity contribution in [2.75, 3.05) is 31.2 Å². The summed E-state index contributed by atoms with van der Waals surface area (Å²) in [5.74, 6) is 0.362. The Balaban J connectivity index is 0.000000354. The maximum Gasteiger partial charge on any atom is 0.181 e. The highest BCUT2D eigenvalue weighted by atomic mass is 35.5. The Bertz CT molecular complexity index is 1230. The summed E-state index contributed by atoms with van der Waals surface area (Å²) in [5.41, 5.74) is 3.82. The average Bonchev–Trinajstić information content (AvgIpc) is 3.26. The maximum absolute atomic E-state index is 14.6. The van der Waals surface area contributed by atoms with Crippen LogP contribution in [0.4, 0.5) is 10.2 Å². The SMILES string of the molecule is Cc1nc2nc(N3CCOCC3)cc(-c3ccc(Cl)cc3F)c2nc1C.Cn1cccn1. The summed E-state index contributed by atoms with van der Waals surface area (Å²) in [4.78, 5) is 16.0. The van der Waals surface area contributed by atoms with Crippen LogP contribution >= 0.6 is 11.6 Å². The second-order valence-electron chi connectivity index (χ2n) is 7.50. The van der Waals surface area contributed by atoms with Crippen molar-refractivity contribution in [3.63, 3.8) is 0 Å². The summed E-state index contributed by atoms with van der Waals surface area (Å²) in [7, 11) is 1.89. The number of aryl methyl sites for hydroxylation is 3. The molecular weight excluding hydrogens is 431 g/mol. The highest BCUT2D eigenvalue weighted by Gasteiger charge is 2.19. The van der Waals surface area contributed by atoms with Crippen LogP contribution in [0.15, 0.2) is 42.7 Å². The van der Waals surface area contributed by atoms with Crippen molar-refractivity contribution in [2.24, 2.45) is 7.05 Å². The summed E-state index contributed by atoms with van der Waals surface area (Å²) in [6.07, 6.45) is 3.64. The van der Waals surface area contributed by atoms with E-state index in [4.69, 9.17) is 16.3 Å². The van der Waals surface area contributed by atoms with E-state index in [2.05, 4.69) is 25.0 Å². The largest absolute Gasteiger partial charge is 0.378 e. The molecule has 0 aliphatic carbocycles. The summed E-state index contributed by atoms with van der Waals surface area (Å²) in [6.45, 7) is 6.54. The molecule has 1 aliphatic heterocycles. The molecule has 0 amide bonds. The van der Waals surface area contributed by atoms with E-state index < -0.39 is 5.82 Å². The van der Waals surface area contributed by atoms with E-state index in [1.54, 1.807) is 23.0 Å². The topological polar surface area (TPSA) is 69.0 Å². The fraction of sp³-hybridized carbons (Fsp3) is 0.304. The number of ether oxygens (including phenoxy) is 1. The molecule has 9 heteroatoms. The number of rotatable bonds is 2. The first kappa shape index (κ1) is 22.1. The molecule has 32 heavy (non-hydrogen) atoms. The van der Waals surface area contributed by atoms with Crippen molar-refractivity contribution in [1.29, 1.82) is 0 Å². The van der Waals surface area contributed by atoms with E-state index >= 15 is 0 Å². The zero-order chi connectivity index (χ0) is 22.7. The first-order valence-corrected chi connectivity index (χ1v) is 10.7. The first-order chi connectivity index (χ1) is 15.4. The number of hydrogen-bond donors (Lipinski definition) is 0. The summed E-state index contributed by atoms with van der Waals surface area (Å²) in [5, 5.41) is 4.19. The summed E-state index contributed by atoms with van der Waals surface area (Å²) < 4.78 is 21.8. The van der Waals surface area contributed by atoms with Gasteiger partial charge in [-0.05, 0) is 44.2 Å². The Morgan fingerprint density at radius 3 is 2.38 bits per heavy atom. The second-order valence-corrected chi connectivity index (χ2v) is 7.93. The van der Waals surface area contributed by atoms with Crippen molar-refractivity contribution in [3.05, 3.63) is 65.0 Å². The van der Waals surface area contributed by atoms with Crippen LogP contribution < -0.4 is 4.90 Å². The third-order valence-corrected chi connectivity index (χ3v) is 5.47. The van der Waals surface area contributed by atoms with Gasteiger partial charge >= 0.3 is 0 Å². The van der Waals surface area contributed by atoms with Gasteiger partial charge < -0.3 is 9.64 Å². The third-order valence-electron chi connectivity index (χ3n) is 5.23. The Morgan fingerprint density at radius 1 is 1.00 bits per heavy atom. The van der Waals surface area contributed by atoms with E-state index in [1.807, 2.05) is 39.2 Å². The average molecular weight is 455 g/mol. The van der Waals surface area contributed by atoms with Crippen LogP contribution in [0.1, 0.15) is 11.4 Å². The molecule has 3 aromatic heterocycles. The van der Waals surface area contributed by atoms with E-state index in [0.29, 0.717) is 40.5 Å². The minimum Gasteiger partial charge on any atom is -0.378 e. The standard InChI is InChI=1S/C19H18ClFN4O.C4H6N2/c1-11-12(2)23-19-18(22-11)15(14-4-3-13(20)9-16(14)21)10-17(24-19)25-5-7-26-8-6-25;1-6-4-2-3-5-6/h3-4,9-10H,5-8H2,1-2H3;2-4H,1H3. The maximum atomic E-state index is 14.6. The number of halogens is 2. The molecule has 166 valence electrons. The number of pyridine rings is 1. The predicted molar refractivity (Wildman–Crippen MR) is 123 cm³/mol. The lowest BCUT2D eigenvalue weighted by atomic mass is 10.0. The number of morpholine rings is 1.